The summed E-state index contributed by atoms with van der Waals surface area (Å²) < 4.78 is 86.0. The SMILES string of the molecule is COc1ccc(C(OC[C@H]2O[C@@H](n3ccc(N)nc3=O)[C@H](C(F)(F)F)[C@@H]2OP(OCCC#N)N(C(C)C)C(C)C)(c2ccccc2)c2ccc(OC)cc2)cc1. The first-order chi connectivity index (χ1) is 26.7. The molecule has 4 aromatic rings. The largest absolute Gasteiger partial charge is 0.497 e. The van der Waals surface area contributed by atoms with Crippen LogP contribution in [0.25, 0.3) is 0 Å². The molecule has 5 atom stereocenters. The van der Waals surface area contributed by atoms with Crippen molar-refractivity contribution in [2.24, 2.45) is 5.92 Å². The van der Waals surface area contributed by atoms with Gasteiger partial charge in [0.15, 0.2) is 6.23 Å². The number of nitrogen functional groups attached to an aromatic ring is 1. The number of nitrogens with zero attached hydrogens (tertiary/aromatic N) is 4. The molecule has 2 N–H and O–H groups in total. The molecule has 1 aliphatic rings. The van der Waals surface area contributed by atoms with E-state index in [9.17, 15) is 10.1 Å². The van der Waals surface area contributed by atoms with Crippen LogP contribution in [0.4, 0.5) is 19.0 Å². The summed E-state index contributed by atoms with van der Waals surface area (Å²) in [6.45, 7) is 6.96. The minimum absolute atomic E-state index is 0.0128. The van der Waals surface area contributed by atoms with Crippen molar-refractivity contribution < 1.29 is 41.2 Å². The smallest absolute Gasteiger partial charge is 0.398 e. The highest BCUT2D eigenvalue weighted by atomic mass is 31.2. The number of methoxy groups -OCH3 is 2. The van der Waals surface area contributed by atoms with Gasteiger partial charge in [0.2, 0.25) is 0 Å². The zero-order chi connectivity index (χ0) is 40.6. The number of anilines is 1. The van der Waals surface area contributed by atoms with Crippen LogP contribution in [0.3, 0.4) is 0 Å². The van der Waals surface area contributed by atoms with Crippen LogP contribution < -0.4 is 20.9 Å². The molecule has 0 spiro atoms. The quantitative estimate of drug-likeness (QED) is 0.0642. The summed E-state index contributed by atoms with van der Waals surface area (Å²) in [5.74, 6) is -1.38. The van der Waals surface area contributed by atoms with Crippen molar-refractivity contribution in [3.05, 3.63) is 118 Å². The van der Waals surface area contributed by atoms with E-state index in [1.165, 1.54) is 6.07 Å². The van der Waals surface area contributed by atoms with E-state index in [0.29, 0.717) is 28.2 Å². The van der Waals surface area contributed by atoms with E-state index < -0.39 is 57.0 Å². The van der Waals surface area contributed by atoms with E-state index in [1.54, 1.807) is 38.5 Å². The van der Waals surface area contributed by atoms with Gasteiger partial charge in [-0.3, -0.25) is 4.57 Å². The Hall–Kier alpha value is -4.55. The minimum Gasteiger partial charge on any atom is -0.497 e. The molecule has 1 unspecified atom stereocenters. The van der Waals surface area contributed by atoms with E-state index in [0.717, 1.165) is 10.8 Å². The molecule has 300 valence electrons. The standard InChI is InChI=1S/C40H47F3N5O7P/c1-26(2)48(27(3)4)56(53-24-10-22-44)55-36-33(54-37(35(36)40(41,42)43)47-23-21-34(45)46-38(47)49)25-52-39(28-11-8-7-9-12-28,29-13-17-31(50-5)18-14-29)30-15-19-32(51-6)20-16-30/h7-9,11-21,23,26-27,33,35-37H,10,24-25H2,1-6H3,(H2,45,46,49)/t33-,35-,36-,37-,56?/m1/s1. The topological polar surface area (TPSA) is 143 Å². The molecule has 0 radical (unpaired) electrons. The molecule has 1 saturated heterocycles. The molecular formula is C40H47F3N5O7P. The summed E-state index contributed by atoms with van der Waals surface area (Å²) in [6, 6.07) is 26.4. The highest BCUT2D eigenvalue weighted by Crippen LogP contribution is 2.55. The first-order valence-electron chi connectivity index (χ1n) is 18.1. The maximum atomic E-state index is 15.5. The van der Waals surface area contributed by atoms with Crippen LogP contribution in [0.15, 0.2) is 95.9 Å². The molecule has 0 aliphatic carbocycles. The molecule has 0 saturated carbocycles. The van der Waals surface area contributed by atoms with Crippen molar-refractivity contribution >= 4 is 14.3 Å². The summed E-state index contributed by atoms with van der Waals surface area (Å²) in [4.78, 5) is 16.8. The predicted molar refractivity (Wildman–Crippen MR) is 205 cm³/mol. The predicted octanol–water partition coefficient (Wildman–Crippen LogP) is 7.59. The lowest BCUT2D eigenvalue weighted by atomic mass is 9.80. The molecule has 56 heavy (non-hydrogen) atoms. The fraction of sp³-hybridized carbons (Fsp3) is 0.425. The number of alkyl halides is 3. The highest BCUT2D eigenvalue weighted by Gasteiger charge is 2.61. The molecule has 16 heteroatoms. The van der Waals surface area contributed by atoms with Gasteiger partial charge in [0, 0.05) is 18.3 Å². The molecule has 0 amide bonds. The van der Waals surface area contributed by atoms with Crippen LogP contribution in [-0.4, -0.2) is 72.1 Å². The van der Waals surface area contributed by atoms with Crippen molar-refractivity contribution in [1.82, 2.24) is 14.2 Å². The normalized spacial score (nSPS) is 19.3. The van der Waals surface area contributed by atoms with Crippen molar-refractivity contribution in [2.75, 3.05) is 33.2 Å². The van der Waals surface area contributed by atoms with Crippen molar-refractivity contribution in [3.8, 4) is 17.6 Å². The number of benzene rings is 3. The number of hydrogen-bond donors (Lipinski definition) is 1. The van der Waals surface area contributed by atoms with E-state index in [2.05, 4.69) is 4.98 Å². The van der Waals surface area contributed by atoms with Crippen LogP contribution >= 0.6 is 8.53 Å². The van der Waals surface area contributed by atoms with Gasteiger partial charge < -0.3 is 33.7 Å². The van der Waals surface area contributed by atoms with E-state index in [4.69, 9.17) is 33.7 Å². The third kappa shape index (κ3) is 9.35. The summed E-state index contributed by atoms with van der Waals surface area (Å²) >= 11 is 0. The maximum absolute atomic E-state index is 15.5. The Kier molecular flexibility index (Phi) is 14.1. The molecule has 0 bridgehead atoms. The highest BCUT2D eigenvalue weighted by molar-refractivity contribution is 7.44. The van der Waals surface area contributed by atoms with Gasteiger partial charge in [0.25, 0.3) is 8.53 Å². The van der Waals surface area contributed by atoms with Crippen LogP contribution in [-0.2, 0) is 24.1 Å². The zero-order valence-electron chi connectivity index (χ0n) is 32.1. The number of halogens is 3. The second-order valence-electron chi connectivity index (χ2n) is 13.6. The third-order valence-corrected chi connectivity index (χ3v) is 11.5. The van der Waals surface area contributed by atoms with Gasteiger partial charge in [-0.25, -0.2) is 9.46 Å². The van der Waals surface area contributed by atoms with E-state index in [1.807, 2.05) is 93.0 Å². The Labute approximate surface area is 325 Å². The van der Waals surface area contributed by atoms with Gasteiger partial charge in [-0.2, -0.15) is 23.4 Å². The number of hydrogen-bond acceptors (Lipinski definition) is 11. The Balaban J connectivity index is 1.69. The molecule has 1 aromatic heterocycles. The average Bonchev–Trinajstić information content (AvgIpc) is 3.53. The van der Waals surface area contributed by atoms with E-state index in [-0.39, 0.29) is 30.9 Å². The number of rotatable bonds is 17. The molecule has 3 aromatic carbocycles. The summed E-state index contributed by atoms with van der Waals surface area (Å²) in [7, 11) is 0.881. The Morgan fingerprint density at radius 2 is 1.46 bits per heavy atom. The van der Waals surface area contributed by atoms with Gasteiger partial charge in [-0.1, -0.05) is 54.6 Å². The summed E-state index contributed by atoms with van der Waals surface area (Å²) in [6.07, 6.45) is -8.95. The van der Waals surface area contributed by atoms with Crippen LogP contribution in [0.1, 0.15) is 57.0 Å². The molecule has 2 heterocycles. The van der Waals surface area contributed by atoms with Gasteiger partial charge in [0.05, 0.1) is 39.9 Å². The lowest BCUT2D eigenvalue weighted by Gasteiger charge is -2.39. The van der Waals surface area contributed by atoms with Crippen LogP contribution in [0.2, 0.25) is 0 Å². The summed E-state index contributed by atoms with van der Waals surface area (Å²) in [5.41, 5.74) is 5.22. The lowest BCUT2D eigenvalue weighted by Crippen LogP contribution is -2.44. The zero-order valence-corrected chi connectivity index (χ0v) is 32.9. The van der Waals surface area contributed by atoms with Crippen molar-refractivity contribution in [1.29, 1.82) is 5.26 Å². The number of aromatic nitrogens is 2. The molecule has 12 nitrogen and oxygen atoms in total. The first-order valence-corrected chi connectivity index (χ1v) is 19.2. The fourth-order valence-corrected chi connectivity index (χ4v) is 8.67. The van der Waals surface area contributed by atoms with Gasteiger partial charge >= 0.3 is 11.9 Å². The van der Waals surface area contributed by atoms with Gasteiger partial charge in [0.1, 0.15) is 41.0 Å². The van der Waals surface area contributed by atoms with Gasteiger partial charge in [-0.15, -0.1) is 0 Å². The Morgan fingerprint density at radius 1 is 0.911 bits per heavy atom. The van der Waals surface area contributed by atoms with E-state index >= 15 is 13.2 Å². The monoisotopic (exact) mass is 797 g/mol. The van der Waals surface area contributed by atoms with Crippen LogP contribution in [0.5, 0.6) is 11.5 Å². The molecule has 1 aliphatic heterocycles. The molecule has 1 fully saturated rings. The van der Waals surface area contributed by atoms with Crippen LogP contribution in [0, 0.1) is 17.2 Å². The second kappa shape index (κ2) is 18.6. The third-order valence-electron chi connectivity index (χ3n) is 9.36. The molecule has 5 rings (SSSR count). The number of nitriles is 1. The Morgan fingerprint density at radius 3 is 1.95 bits per heavy atom. The molecular weight excluding hydrogens is 750 g/mol. The Bertz CT molecular complexity index is 1910. The second-order valence-corrected chi connectivity index (χ2v) is 15.0. The maximum Gasteiger partial charge on any atom is 0.398 e. The van der Waals surface area contributed by atoms with Gasteiger partial charge in [-0.05, 0) is 74.7 Å². The first kappa shape index (κ1) is 42.6. The fourth-order valence-electron chi connectivity index (χ4n) is 6.89. The van der Waals surface area contributed by atoms with Crippen molar-refractivity contribution in [2.45, 2.75) is 76.4 Å². The minimum atomic E-state index is -4.96. The lowest BCUT2D eigenvalue weighted by molar-refractivity contribution is -0.210. The number of nitrogens with two attached hydrogens (primary N) is 1. The number of ether oxygens (including phenoxy) is 4. The summed E-state index contributed by atoms with van der Waals surface area (Å²) in [5, 5.41) is 9.28. The van der Waals surface area contributed by atoms with Crippen molar-refractivity contribution in [3.63, 3.8) is 0 Å². The average molecular weight is 798 g/mol.